The van der Waals surface area contributed by atoms with Crippen LogP contribution in [0.15, 0.2) is 24.3 Å². The highest BCUT2D eigenvalue weighted by atomic mass is 35.5. The zero-order valence-electron chi connectivity index (χ0n) is 15.4. The fraction of sp³-hybridized carbons (Fsp3) is 0.632. The van der Waals surface area contributed by atoms with E-state index in [1.807, 2.05) is 31.2 Å². The SMILES string of the molecule is CC(C)CC(CNC(=O)NC(C)c1cccc(Cl)c1)N1CCOCC1. The van der Waals surface area contributed by atoms with Gasteiger partial charge in [0.25, 0.3) is 0 Å². The minimum Gasteiger partial charge on any atom is -0.379 e. The highest BCUT2D eigenvalue weighted by molar-refractivity contribution is 6.30. The monoisotopic (exact) mass is 367 g/mol. The van der Waals surface area contributed by atoms with Gasteiger partial charge in [0.2, 0.25) is 0 Å². The Morgan fingerprint density at radius 1 is 1.28 bits per heavy atom. The van der Waals surface area contributed by atoms with Crippen LogP contribution in [0.1, 0.15) is 38.8 Å². The third kappa shape index (κ3) is 6.84. The average molecular weight is 368 g/mol. The lowest BCUT2D eigenvalue weighted by Crippen LogP contribution is -2.50. The first kappa shape index (κ1) is 20.0. The number of amides is 2. The van der Waals surface area contributed by atoms with Crippen molar-refractivity contribution in [2.24, 2.45) is 5.92 Å². The highest BCUT2D eigenvalue weighted by Crippen LogP contribution is 2.17. The fourth-order valence-corrected chi connectivity index (χ4v) is 3.36. The Bertz CT molecular complexity index is 547. The Kier molecular flexibility index (Phi) is 8.00. The van der Waals surface area contributed by atoms with E-state index >= 15 is 0 Å². The van der Waals surface area contributed by atoms with Crippen LogP contribution in [0.5, 0.6) is 0 Å². The van der Waals surface area contributed by atoms with Crippen LogP contribution in [0.25, 0.3) is 0 Å². The van der Waals surface area contributed by atoms with Gasteiger partial charge in [-0.1, -0.05) is 37.6 Å². The first-order valence-corrected chi connectivity index (χ1v) is 9.45. The number of hydrogen-bond acceptors (Lipinski definition) is 3. The van der Waals surface area contributed by atoms with Crippen LogP contribution >= 0.6 is 11.6 Å². The molecule has 1 aromatic rings. The molecule has 2 rings (SSSR count). The van der Waals surface area contributed by atoms with Gasteiger partial charge in [-0.15, -0.1) is 0 Å². The standard InChI is InChI=1S/C19H30ClN3O2/c1-14(2)11-18(23-7-9-25-10-8-23)13-21-19(24)22-15(3)16-5-4-6-17(20)12-16/h4-6,12,14-15,18H,7-11,13H2,1-3H3,(H2,21,22,24). The molecule has 0 spiro atoms. The summed E-state index contributed by atoms with van der Waals surface area (Å²) in [5.74, 6) is 0.586. The molecule has 0 radical (unpaired) electrons. The predicted molar refractivity (Wildman–Crippen MR) is 102 cm³/mol. The van der Waals surface area contributed by atoms with Gasteiger partial charge >= 0.3 is 6.03 Å². The molecule has 1 aliphatic heterocycles. The molecule has 1 fully saturated rings. The van der Waals surface area contributed by atoms with Gasteiger partial charge in [0.05, 0.1) is 19.3 Å². The first-order valence-electron chi connectivity index (χ1n) is 9.07. The number of carbonyl (C=O) groups excluding carboxylic acids is 1. The normalized spacial score (nSPS) is 18.0. The Morgan fingerprint density at radius 2 is 2.00 bits per heavy atom. The van der Waals surface area contributed by atoms with Crippen LogP contribution in [-0.4, -0.2) is 49.8 Å². The Morgan fingerprint density at radius 3 is 2.64 bits per heavy atom. The van der Waals surface area contributed by atoms with E-state index in [9.17, 15) is 4.79 Å². The molecule has 1 aromatic carbocycles. The number of carbonyl (C=O) groups is 1. The Balaban J connectivity index is 1.84. The molecule has 2 unspecified atom stereocenters. The minimum absolute atomic E-state index is 0.0920. The van der Waals surface area contributed by atoms with E-state index in [1.54, 1.807) is 0 Å². The molecule has 1 saturated heterocycles. The lowest BCUT2D eigenvalue weighted by molar-refractivity contribution is 0.0129. The van der Waals surface area contributed by atoms with E-state index in [1.165, 1.54) is 0 Å². The highest BCUT2D eigenvalue weighted by Gasteiger charge is 2.22. The Labute approximate surface area is 156 Å². The third-order valence-electron chi connectivity index (χ3n) is 4.50. The zero-order chi connectivity index (χ0) is 18.2. The van der Waals surface area contributed by atoms with Crippen molar-refractivity contribution in [1.29, 1.82) is 0 Å². The number of halogens is 1. The summed E-state index contributed by atoms with van der Waals surface area (Å²) in [6, 6.07) is 7.67. The second-order valence-corrected chi connectivity index (χ2v) is 7.50. The van der Waals surface area contributed by atoms with E-state index in [-0.39, 0.29) is 12.1 Å². The maximum atomic E-state index is 12.3. The maximum Gasteiger partial charge on any atom is 0.315 e. The van der Waals surface area contributed by atoms with Crippen LogP contribution in [0.2, 0.25) is 5.02 Å². The number of rotatable bonds is 7. The van der Waals surface area contributed by atoms with E-state index in [0.29, 0.717) is 23.5 Å². The molecule has 0 aromatic heterocycles. The molecule has 25 heavy (non-hydrogen) atoms. The van der Waals surface area contributed by atoms with E-state index in [4.69, 9.17) is 16.3 Å². The minimum atomic E-state index is -0.144. The smallest absolute Gasteiger partial charge is 0.315 e. The van der Waals surface area contributed by atoms with Gasteiger partial charge in [0.15, 0.2) is 0 Å². The number of benzene rings is 1. The molecule has 2 amide bonds. The molecule has 1 heterocycles. The lowest BCUT2D eigenvalue weighted by atomic mass is 10.0. The van der Waals surface area contributed by atoms with Crippen LogP contribution < -0.4 is 10.6 Å². The van der Waals surface area contributed by atoms with Crippen molar-refractivity contribution in [2.75, 3.05) is 32.8 Å². The first-order chi connectivity index (χ1) is 12.0. The summed E-state index contributed by atoms with van der Waals surface area (Å²) in [5.41, 5.74) is 0.995. The number of hydrogen-bond donors (Lipinski definition) is 2. The van der Waals surface area contributed by atoms with Crippen molar-refractivity contribution in [3.05, 3.63) is 34.9 Å². The molecular formula is C19H30ClN3O2. The second-order valence-electron chi connectivity index (χ2n) is 7.06. The predicted octanol–water partition coefficient (Wildman–Crippen LogP) is 3.45. The second kappa shape index (κ2) is 10.00. The lowest BCUT2D eigenvalue weighted by Gasteiger charge is -2.35. The van der Waals surface area contributed by atoms with Crippen molar-refractivity contribution in [3.8, 4) is 0 Å². The van der Waals surface area contributed by atoms with Crippen LogP contribution in [0.4, 0.5) is 4.79 Å². The van der Waals surface area contributed by atoms with Crippen LogP contribution in [0.3, 0.4) is 0 Å². The van der Waals surface area contributed by atoms with E-state index < -0.39 is 0 Å². The number of nitrogens with one attached hydrogen (secondary N) is 2. The molecule has 6 heteroatoms. The zero-order valence-corrected chi connectivity index (χ0v) is 16.2. The van der Waals surface area contributed by atoms with Crippen molar-refractivity contribution >= 4 is 17.6 Å². The molecule has 0 aliphatic carbocycles. The van der Waals surface area contributed by atoms with Gasteiger partial charge < -0.3 is 15.4 Å². The summed E-state index contributed by atoms with van der Waals surface area (Å²) in [4.78, 5) is 14.7. The molecule has 1 aliphatic rings. The van der Waals surface area contributed by atoms with E-state index in [0.717, 1.165) is 38.3 Å². The van der Waals surface area contributed by atoms with Gasteiger partial charge in [0.1, 0.15) is 0 Å². The van der Waals surface area contributed by atoms with Gasteiger partial charge in [-0.05, 0) is 37.0 Å². The third-order valence-corrected chi connectivity index (χ3v) is 4.74. The largest absolute Gasteiger partial charge is 0.379 e. The number of ether oxygens (including phenoxy) is 1. The molecule has 5 nitrogen and oxygen atoms in total. The van der Waals surface area contributed by atoms with Crippen molar-refractivity contribution in [3.63, 3.8) is 0 Å². The Hall–Kier alpha value is -1.30. The van der Waals surface area contributed by atoms with Gasteiger partial charge in [-0.3, -0.25) is 4.90 Å². The molecular weight excluding hydrogens is 338 g/mol. The fourth-order valence-electron chi connectivity index (χ4n) is 3.17. The summed E-state index contributed by atoms with van der Waals surface area (Å²) in [7, 11) is 0. The maximum absolute atomic E-state index is 12.3. The van der Waals surface area contributed by atoms with Crippen molar-refractivity contribution in [1.82, 2.24) is 15.5 Å². The summed E-state index contributed by atoms with van der Waals surface area (Å²) < 4.78 is 5.44. The topological polar surface area (TPSA) is 53.6 Å². The quantitative estimate of drug-likeness (QED) is 0.776. The van der Waals surface area contributed by atoms with E-state index in [2.05, 4.69) is 29.4 Å². The van der Waals surface area contributed by atoms with Crippen LogP contribution in [0, 0.1) is 5.92 Å². The summed E-state index contributed by atoms with van der Waals surface area (Å²) in [6.07, 6.45) is 1.06. The van der Waals surface area contributed by atoms with Crippen LogP contribution in [-0.2, 0) is 4.74 Å². The van der Waals surface area contributed by atoms with Gasteiger partial charge in [0, 0.05) is 30.7 Å². The number of nitrogens with zero attached hydrogens (tertiary/aromatic N) is 1. The molecule has 2 atom stereocenters. The number of urea groups is 1. The summed E-state index contributed by atoms with van der Waals surface area (Å²) in [5, 5.41) is 6.70. The summed E-state index contributed by atoms with van der Waals surface area (Å²) >= 11 is 6.02. The molecule has 140 valence electrons. The molecule has 0 bridgehead atoms. The molecule has 2 N–H and O–H groups in total. The summed E-state index contributed by atoms with van der Waals surface area (Å²) in [6.45, 7) is 10.4. The average Bonchev–Trinajstić information content (AvgIpc) is 2.59. The number of morpholine rings is 1. The van der Waals surface area contributed by atoms with Crippen molar-refractivity contribution in [2.45, 2.75) is 39.3 Å². The molecule has 0 saturated carbocycles. The van der Waals surface area contributed by atoms with Gasteiger partial charge in [-0.2, -0.15) is 0 Å². The van der Waals surface area contributed by atoms with Crippen molar-refractivity contribution < 1.29 is 9.53 Å². The van der Waals surface area contributed by atoms with Gasteiger partial charge in [-0.25, -0.2) is 4.79 Å².